The van der Waals surface area contributed by atoms with Crippen molar-refractivity contribution in [3.63, 3.8) is 0 Å². The summed E-state index contributed by atoms with van der Waals surface area (Å²) in [5.74, 6) is 0.192. The lowest BCUT2D eigenvalue weighted by molar-refractivity contribution is -0.106. The Balaban J connectivity index is 3.03. The van der Waals surface area contributed by atoms with Gasteiger partial charge in [0, 0.05) is 24.3 Å². The number of aromatic hydroxyl groups is 1. The first-order valence-electron chi connectivity index (χ1n) is 3.73. The Bertz CT molecular complexity index is 284. The third-order valence-electron chi connectivity index (χ3n) is 1.66. The van der Waals surface area contributed by atoms with Gasteiger partial charge in [-0.25, -0.2) is 0 Å². The molecular formula is C9H11BrO3. The maximum Gasteiger partial charge on any atom is 0.184 e. The molecule has 13 heavy (non-hydrogen) atoms. The van der Waals surface area contributed by atoms with Crippen LogP contribution in [0.4, 0.5) is 0 Å². The first-order chi connectivity index (χ1) is 6.19. The fourth-order valence-electron chi connectivity index (χ4n) is 1.06. The molecule has 3 nitrogen and oxygen atoms in total. The van der Waals surface area contributed by atoms with Crippen molar-refractivity contribution in [1.29, 1.82) is 0 Å². The van der Waals surface area contributed by atoms with E-state index in [-0.39, 0.29) is 5.75 Å². The molecule has 1 aromatic rings. The van der Waals surface area contributed by atoms with Crippen molar-refractivity contribution in [3.05, 3.63) is 28.2 Å². The Labute approximate surface area is 85.4 Å². The second-order valence-corrected chi connectivity index (χ2v) is 3.36. The molecule has 1 rings (SSSR count). The summed E-state index contributed by atoms with van der Waals surface area (Å²) in [6.07, 6.45) is -0.457. The minimum absolute atomic E-state index is 0.192. The van der Waals surface area contributed by atoms with Crippen LogP contribution in [-0.4, -0.2) is 19.3 Å². The van der Waals surface area contributed by atoms with Crippen molar-refractivity contribution < 1.29 is 14.6 Å². The zero-order valence-corrected chi connectivity index (χ0v) is 9.04. The Morgan fingerprint density at radius 2 is 1.92 bits per heavy atom. The molecule has 4 heteroatoms. The predicted octanol–water partition coefficient (Wildman–Crippen LogP) is 2.45. The molecule has 0 saturated heterocycles. The van der Waals surface area contributed by atoms with E-state index < -0.39 is 6.29 Å². The van der Waals surface area contributed by atoms with Crippen LogP contribution in [0.25, 0.3) is 0 Å². The summed E-state index contributed by atoms with van der Waals surface area (Å²) >= 11 is 3.34. The number of benzene rings is 1. The van der Waals surface area contributed by atoms with E-state index in [0.29, 0.717) is 0 Å². The molecule has 0 spiro atoms. The van der Waals surface area contributed by atoms with E-state index in [2.05, 4.69) is 15.9 Å². The van der Waals surface area contributed by atoms with Gasteiger partial charge in [0.15, 0.2) is 6.29 Å². The molecule has 0 aliphatic rings. The summed E-state index contributed by atoms with van der Waals surface area (Å²) < 4.78 is 11.0. The lowest BCUT2D eigenvalue weighted by Crippen LogP contribution is -2.04. The second-order valence-electron chi connectivity index (χ2n) is 2.51. The summed E-state index contributed by atoms with van der Waals surface area (Å²) in [6.45, 7) is 0. The van der Waals surface area contributed by atoms with Crippen LogP contribution in [-0.2, 0) is 9.47 Å². The van der Waals surface area contributed by atoms with E-state index in [1.807, 2.05) is 0 Å². The largest absolute Gasteiger partial charge is 0.508 e. The summed E-state index contributed by atoms with van der Waals surface area (Å²) in [7, 11) is 3.09. The predicted molar refractivity (Wildman–Crippen MR) is 52.6 cm³/mol. The molecule has 0 saturated carbocycles. The molecule has 0 amide bonds. The van der Waals surface area contributed by atoms with Gasteiger partial charge >= 0.3 is 0 Å². The number of ether oxygens (including phenoxy) is 2. The first kappa shape index (κ1) is 10.5. The average molecular weight is 247 g/mol. The number of phenolic OH excluding ortho intramolecular Hbond substituents is 1. The lowest BCUT2D eigenvalue weighted by atomic mass is 10.2. The van der Waals surface area contributed by atoms with Crippen LogP contribution in [0.2, 0.25) is 0 Å². The van der Waals surface area contributed by atoms with E-state index in [0.717, 1.165) is 10.0 Å². The zero-order valence-electron chi connectivity index (χ0n) is 7.45. The van der Waals surface area contributed by atoms with E-state index >= 15 is 0 Å². The molecule has 0 aromatic heterocycles. The second kappa shape index (κ2) is 4.60. The standard InChI is InChI=1S/C9H11BrO3/c1-12-9(13-2)7-5-6(11)3-4-8(7)10/h3-5,9,11H,1-2H3. The summed E-state index contributed by atoms with van der Waals surface area (Å²) in [5, 5.41) is 9.25. The fraction of sp³-hybridized carbons (Fsp3) is 0.333. The molecule has 0 heterocycles. The number of methoxy groups -OCH3 is 2. The number of rotatable bonds is 3. The van der Waals surface area contributed by atoms with Gasteiger partial charge < -0.3 is 14.6 Å². The summed E-state index contributed by atoms with van der Waals surface area (Å²) in [4.78, 5) is 0. The normalized spacial score (nSPS) is 10.8. The molecule has 72 valence electrons. The van der Waals surface area contributed by atoms with Crippen molar-refractivity contribution >= 4 is 15.9 Å². The molecule has 0 unspecified atom stereocenters. The maximum absolute atomic E-state index is 9.25. The molecule has 0 radical (unpaired) electrons. The van der Waals surface area contributed by atoms with Gasteiger partial charge in [-0.2, -0.15) is 0 Å². The van der Waals surface area contributed by atoms with Gasteiger partial charge in [0.2, 0.25) is 0 Å². The number of hydrogen-bond donors (Lipinski definition) is 1. The molecule has 0 fully saturated rings. The van der Waals surface area contributed by atoms with Crippen LogP contribution in [0.3, 0.4) is 0 Å². The van der Waals surface area contributed by atoms with Crippen LogP contribution < -0.4 is 0 Å². The van der Waals surface area contributed by atoms with Gasteiger partial charge in [0.1, 0.15) is 5.75 Å². The van der Waals surface area contributed by atoms with Gasteiger partial charge in [-0.15, -0.1) is 0 Å². The van der Waals surface area contributed by atoms with Gasteiger partial charge in [-0.1, -0.05) is 15.9 Å². The van der Waals surface area contributed by atoms with Crippen molar-refractivity contribution in [2.45, 2.75) is 6.29 Å². The van der Waals surface area contributed by atoms with Crippen LogP contribution in [0, 0.1) is 0 Å². The molecule has 0 aliphatic carbocycles. The highest BCUT2D eigenvalue weighted by Crippen LogP contribution is 2.29. The highest BCUT2D eigenvalue weighted by molar-refractivity contribution is 9.10. The van der Waals surface area contributed by atoms with Crippen LogP contribution >= 0.6 is 15.9 Å². The number of phenols is 1. The summed E-state index contributed by atoms with van der Waals surface area (Å²) in [6, 6.07) is 4.94. The minimum Gasteiger partial charge on any atom is -0.508 e. The van der Waals surface area contributed by atoms with Gasteiger partial charge in [0.25, 0.3) is 0 Å². The molecule has 1 N–H and O–H groups in total. The van der Waals surface area contributed by atoms with Gasteiger partial charge in [-0.3, -0.25) is 0 Å². The van der Waals surface area contributed by atoms with E-state index in [1.54, 1.807) is 32.4 Å². The Kier molecular flexibility index (Phi) is 3.71. The average Bonchev–Trinajstić information content (AvgIpc) is 2.13. The number of hydrogen-bond acceptors (Lipinski definition) is 3. The smallest absolute Gasteiger partial charge is 0.184 e. The maximum atomic E-state index is 9.25. The third-order valence-corrected chi connectivity index (χ3v) is 2.38. The quantitative estimate of drug-likeness (QED) is 0.833. The van der Waals surface area contributed by atoms with Crippen molar-refractivity contribution in [3.8, 4) is 5.75 Å². The first-order valence-corrected chi connectivity index (χ1v) is 4.52. The zero-order chi connectivity index (χ0) is 9.84. The minimum atomic E-state index is -0.457. The molecule has 1 aromatic carbocycles. The number of halogens is 1. The Morgan fingerprint density at radius 1 is 1.31 bits per heavy atom. The molecular weight excluding hydrogens is 236 g/mol. The van der Waals surface area contributed by atoms with E-state index in [1.165, 1.54) is 0 Å². The third kappa shape index (κ3) is 2.43. The fourth-order valence-corrected chi connectivity index (χ4v) is 1.50. The van der Waals surface area contributed by atoms with Crippen molar-refractivity contribution in [1.82, 2.24) is 0 Å². The lowest BCUT2D eigenvalue weighted by Gasteiger charge is -2.15. The van der Waals surface area contributed by atoms with E-state index in [9.17, 15) is 5.11 Å². The topological polar surface area (TPSA) is 38.7 Å². The van der Waals surface area contributed by atoms with Crippen LogP contribution in [0.1, 0.15) is 11.9 Å². The summed E-state index contributed by atoms with van der Waals surface area (Å²) in [5.41, 5.74) is 0.769. The monoisotopic (exact) mass is 246 g/mol. The molecule has 0 bridgehead atoms. The van der Waals surface area contributed by atoms with Crippen molar-refractivity contribution in [2.24, 2.45) is 0 Å². The highest BCUT2D eigenvalue weighted by atomic mass is 79.9. The van der Waals surface area contributed by atoms with Gasteiger partial charge in [-0.05, 0) is 18.2 Å². The van der Waals surface area contributed by atoms with Crippen molar-refractivity contribution in [2.75, 3.05) is 14.2 Å². The highest BCUT2D eigenvalue weighted by Gasteiger charge is 2.12. The van der Waals surface area contributed by atoms with Crippen LogP contribution in [0.15, 0.2) is 22.7 Å². The Hall–Kier alpha value is -0.580. The van der Waals surface area contributed by atoms with Crippen LogP contribution in [0.5, 0.6) is 5.75 Å². The van der Waals surface area contributed by atoms with E-state index in [4.69, 9.17) is 9.47 Å². The molecule has 0 atom stereocenters. The molecule has 0 aliphatic heterocycles. The Morgan fingerprint density at radius 3 is 2.46 bits per heavy atom. The van der Waals surface area contributed by atoms with Gasteiger partial charge in [0.05, 0.1) is 0 Å². The SMILES string of the molecule is COC(OC)c1cc(O)ccc1Br.